The molecule has 2 amide bonds. The van der Waals surface area contributed by atoms with Crippen molar-refractivity contribution in [3.05, 3.63) is 35.4 Å². The Balaban J connectivity index is 1.24. The molecule has 0 aromatic heterocycles. The predicted molar refractivity (Wildman–Crippen MR) is 116 cm³/mol. The molecule has 0 bridgehead atoms. The third-order valence-electron chi connectivity index (χ3n) is 7.44. The summed E-state index contributed by atoms with van der Waals surface area (Å²) in [5.41, 5.74) is -0.257. The minimum Gasteiger partial charge on any atom is -0.441 e. The molecule has 33 heavy (non-hydrogen) atoms. The van der Waals surface area contributed by atoms with Crippen molar-refractivity contribution in [2.24, 2.45) is 11.8 Å². The SMILES string of the molecule is CNC(=O)C1CCC(CN2CC3(CCN(Cc4ccc(C(F)(F)F)cc4)CC3)OC2=O)CC1. The van der Waals surface area contributed by atoms with Crippen LogP contribution in [-0.2, 0) is 22.3 Å². The molecule has 1 N–H and O–H groups in total. The Hall–Kier alpha value is -2.29. The minimum absolute atomic E-state index is 0.0807. The highest BCUT2D eigenvalue weighted by Crippen LogP contribution is 2.36. The molecule has 1 aromatic carbocycles. The molecule has 182 valence electrons. The molecule has 1 aromatic rings. The predicted octanol–water partition coefficient (Wildman–Crippen LogP) is 4.04. The lowest BCUT2D eigenvalue weighted by atomic mass is 9.81. The summed E-state index contributed by atoms with van der Waals surface area (Å²) in [6, 6.07) is 5.31. The summed E-state index contributed by atoms with van der Waals surface area (Å²) < 4.78 is 44.1. The molecule has 2 saturated heterocycles. The van der Waals surface area contributed by atoms with E-state index in [1.54, 1.807) is 7.05 Å². The molecular formula is C24H32F3N3O3. The van der Waals surface area contributed by atoms with Crippen molar-refractivity contribution in [3.8, 4) is 0 Å². The molecule has 3 aliphatic rings. The van der Waals surface area contributed by atoms with Crippen LogP contribution in [0.4, 0.5) is 18.0 Å². The zero-order valence-corrected chi connectivity index (χ0v) is 19.0. The summed E-state index contributed by atoms with van der Waals surface area (Å²) in [5, 5.41) is 2.72. The lowest BCUT2D eigenvalue weighted by Crippen LogP contribution is -2.46. The van der Waals surface area contributed by atoms with Crippen LogP contribution in [-0.4, -0.2) is 60.6 Å². The summed E-state index contributed by atoms with van der Waals surface area (Å²) in [6.45, 7) is 3.32. The standard InChI is InChI=1S/C24H32F3N3O3/c1-28-21(31)19-6-2-18(3-7-19)15-30-16-23(33-22(30)32)10-12-29(13-11-23)14-17-4-8-20(9-5-17)24(25,26)27/h4-5,8-9,18-19H,2-3,6-7,10-16H2,1H3,(H,28,31). The van der Waals surface area contributed by atoms with E-state index in [-0.39, 0.29) is 17.9 Å². The molecule has 6 nitrogen and oxygen atoms in total. The number of ether oxygens (including phenoxy) is 1. The average molecular weight is 468 g/mol. The minimum atomic E-state index is -4.32. The molecule has 0 atom stereocenters. The number of hydrogen-bond acceptors (Lipinski definition) is 4. The maximum absolute atomic E-state index is 12.8. The number of piperidine rings is 1. The molecule has 3 fully saturated rings. The van der Waals surface area contributed by atoms with Crippen molar-refractivity contribution in [3.63, 3.8) is 0 Å². The van der Waals surface area contributed by atoms with Gasteiger partial charge in [0.1, 0.15) is 5.60 Å². The molecule has 2 aliphatic heterocycles. The third-order valence-corrected chi connectivity index (χ3v) is 7.44. The highest BCUT2D eigenvalue weighted by molar-refractivity contribution is 5.78. The Bertz CT molecular complexity index is 843. The molecule has 2 heterocycles. The van der Waals surface area contributed by atoms with Gasteiger partial charge in [-0.25, -0.2) is 4.79 Å². The first-order valence-electron chi connectivity index (χ1n) is 11.8. The number of rotatable bonds is 5. The number of nitrogens with zero attached hydrogens (tertiary/aromatic N) is 2. The number of amides is 2. The Kier molecular flexibility index (Phi) is 6.88. The Morgan fingerprint density at radius 1 is 1.12 bits per heavy atom. The number of hydrogen-bond donors (Lipinski definition) is 1. The first-order chi connectivity index (χ1) is 15.7. The molecule has 1 aliphatic carbocycles. The van der Waals surface area contributed by atoms with Crippen LogP contribution >= 0.6 is 0 Å². The second-order valence-corrected chi connectivity index (χ2v) is 9.73. The lowest BCUT2D eigenvalue weighted by molar-refractivity contribution is -0.137. The Morgan fingerprint density at radius 3 is 2.33 bits per heavy atom. The molecular weight excluding hydrogens is 435 g/mol. The number of carbonyl (C=O) groups excluding carboxylic acids is 2. The Labute approximate surface area is 192 Å². The number of carbonyl (C=O) groups is 2. The van der Waals surface area contributed by atoms with Crippen LogP contribution in [0.15, 0.2) is 24.3 Å². The molecule has 4 rings (SSSR count). The van der Waals surface area contributed by atoms with Gasteiger partial charge in [-0.1, -0.05) is 12.1 Å². The number of halogens is 3. The van der Waals surface area contributed by atoms with Gasteiger partial charge in [-0.15, -0.1) is 0 Å². The van der Waals surface area contributed by atoms with Crippen LogP contribution in [0.25, 0.3) is 0 Å². The van der Waals surface area contributed by atoms with Gasteiger partial charge in [-0.3, -0.25) is 9.69 Å². The highest BCUT2D eigenvalue weighted by atomic mass is 19.4. The molecule has 1 saturated carbocycles. The van der Waals surface area contributed by atoms with Crippen LogP contribution < -0.4 is 5.32 Å². The monoisotopic (exact) mass is 467 g/mol. The van der Waals surface area contributed by atoms with Gasteiger partial charge in [0.15, 0.2) is 0 Å². The fourth-order valence-corrected chi connectivity index (χ4v) is 5.39. The summed E-state index contributed by atoms with van der Waals surface area (Å²) in [7, 11) is 1.67. The van der Waals surface area contributed by atoms with Gasteiger partial charge in [0.25, 0.3) is 0 Å². The second-order valence-electron chi connectivity index (χ2n) is 9.73. The fraction of sp³-hybridized carbons (Fsp3) is 0.667. The van der Waals surface area contributed by atoms with Gasteiger partial charge in [-0.2, -0.15) is 13.2 Å². The van der Waals surface area contributed by atoms with E-state index < -0.39 is 17.3 Å². The second kappa shape index (κ2) is 9.52. The summed E-state index contributed by atoms with van der Waals surface area (Å²) >= 11 is 0. The highest BCUT2D eigenvalue weighted by Gasteiger charge is 2.47. The van der Waals surface area contributed by atoms with E-state index >= 15 is 0 Å². The maximum atomic E-state index is 12.8. The Morgan fingerprint density at radius 2 is 1.76 bits per heavy atom. The number of benzene rings is 1. The van der Waals surface area contributed by atoms with Crippen molar-refractivity contribution >= 4 is 12.0 Å². The van der Waals surface area contributed by atoms with E-state index in [0.29, 0.717) is 25.6 Å². The van der Waals surface area contributed by atoms with Gasteiger partial charge >= 0.3 is 12.3 Å². The first-order valence-corrected chi connectivity index (χ1v) is 11.8. The maximum Gasteiger partial charge on any atom is 0.416 e. The van der Waals surface area contributed by atoms with Crippen molar-refractivity contribution in [2.75, 3.05) is 33.2 Å². The smallest absolute Gasteiger partial charge is 0.416 e. The summed E-state index contributed by atoms with van der Waals surface area (Å²) in [4.78, 5) is 28.4. The zero-order valence-electron chi connectivity index (χ0n) is 19.0. The van der Waals surface area contributed by atoms with Crippen LogP contribution in [0.1, 0.15) is 49.7 Å². The van der Waals surface area contributed by atoms with Gasteiger partial charge in [0.2, 0.25) is 5.91 Å². The summed E-state index contributed by atoms with van der Waals surface area (Å²) in [6.07, 6.45) is 0.468. The fourth-order valence-electron chi connectivity index (χ4n) is 5.39. The van der Waals surface area contributed by atoms with Gasteiger partial charge in [0, 0.05) is 52.0 Å². The van der Waals surface area contributed by atoms with E-state index in [1.165, 1.54) is 12.1 Å². The molecule has 0 radical (unpaired) electrons. The van der Waals surface area contributed by atoms with Crippen LogP contribution in [0.3, 0.4) is 0 Å². The average Bonchev–Trinajstić information content (AvgIpc) is 3.09. The normalized spacial score (nSPS) is 25.8. The van der Waals surface area contributed by atoms with Gasteiger partial charge < -0.3 is 15.0 Å². The van der Waals surface area contributed by atoms with Crippen molar-refractivity contribution in [2.45, 2.75) is 56.8 Å². The zero-order chi connectivity index (χ0) is 23.6. The topological polar surface area (TPSA) is 61.9 Å². The van der Waals surface area contributed by atoms with Gasteiger partial charge in [-0.05, 0) is 49.3 Å². The van der Waals surface area contributed by atoms with Crippen LogP contribution in [0, 0.1) is 11.8 Å². The van der Waals surface area contributed by atoms with Crippen molar-refractivity contribution in [1.82, 2.24) is 15.1 Å². The number of likely N-dealkylation sites (tertiary alicyclic amines) is 1. The van der Waals surface area contributed by atoms with E-state index in [4.69, 9.17) is 4.74 Å². The van der Waals surface area contributed by atoms with E-state index in [0.717, 1.165) is 69.3 Å². The number of nitrogens with one attached hydrogen (secondary N) is 1. The van der Waals surface area contributed by atoms with Gasteiger partial charge in [0.05, 0.1) is 12.1 Å². The lowest BCUT2D eigenvalue weighted by Gasteiger charge is -2.37. The largest absolute Gasteiger partial charge is 0.441 e. The van der Waals surface area contributed by atoms with Crippen LogP contribution in [0.5, 0.6) is 0 Å². The van der Waals surface area contributed by atoms with Crippen LogP contribution in [0.2, 0.25) is 0 Å². The number of alkyl halides is 3. The molecule has 1 spiro atoms. The third kappa shape index (κ3) is 5.62. The first kappa shape index (κ1) is 23.9. The molecule has 9 heteroatoms. The van der Waals surface area contributed by atoms with E-state index in [9.17, 15) is 22.8 Å². The quantitative estimate of drug-likeness (QED) is 0.710. The summed E-state index contributed by atoms with van der Waals surface area (Å²) in [5.74, 6) is 0.585. The van der Waals surface area contributed by atoms with E-state index in [1.807, 2.05) is 4.90 Å². The van der Waals surface area contributed by atoms with E-state index in [2.05, 4.69) is 10.2 Å². The van der Waals surface area contributed by atoms with Crippen molar-refractivity contribution in [1.29, 1.82) is 0 Å². The molecule has 0 unspecified atom stereocenters. The van der Waals surface area contributed by atoms with Crippen molar-refractivity contribution < 1.29 is 27.5 Å².